The van der Waals surface area contributed by atoms with Gasteiger partial charge in [0.25, 0.3) is 10.0 Å². The van der Waals surface area contributed by atoms with Crippen LogP contribution in [-0.2, 0) is 10.0 Å². The number of nitrogens with zero attached hydrogens (tertiary/aromatic N) is 3. The number of fused-ring (bicyclic) bond motifs is 1. The Balaban J connectivity index is 2.00. The summed E-state index contributed by atoms with van der Waals surface area (Å²) < 4.78 is 36.4. The van der Waals surface area contributed by atoms with Crippen LogP contribution in [0.4, 0.5) is 5.82 Å². The fourth-order valence-electron chi connectivity index (χ4n) is 1.77. The molecule has 1 aromatic heterocycles. The highest BCUT2D eigenvalue weighted by atomic mass is 32.2. The van der Waals surface area contributed by atoms with Gasteiger partial charge in [-0.2, -0.15) is 0 Å². The smallest absolute Gasteiger partial charge is 0.265 e. The number of ether oxygens (including phenoxy) is 2. The quantitative estimate of drug-likeness (QED) is 0.840. The standard InChI is InChI=1S/C12H11N3O4S/c1-15(12-7-13-4-5-14-12)20(16,17)9-2-3-10-11(6-9)19-8-18-10/h2-7H,8H2,1H3. The molecule has 0 aliphatic carbocycles. The van der Waals surface area contributed by atoms with E-state index in [1.165, 1.54) is 37.8 Å². The molecule has 2 aromatic rings. The van der Waals surface area contributed by atoms with Crippen LogP contribution in [0.25, 0.3) is 0 Å². The van der Waals surface area contributed by atoms with Gasteiger partial charge in [-0.15, -0.1) is 0 Å². The molecule has 7 nitrogen and oxygen atoms in total. The Bertz CT molecular complexity index is 734. The molecular formula is C12H11N3O4S. The molecule has 0 atom stereocenters. The lowest BCUT2D eigenvalue weighted by molar-refractivity contribution is 0.174. The maximum atomic E-state index is 12.5. The van der Waals surface area contributed by atoms with Crippen LogP contribution in [0, 0.1) is 0 Å². The fourth-order valence-corrected chi connectivity index (χ4v) is 2.93. The minimum atomic E-state index is -3.72. The van der Waals surface area contributed by atoms with Gasteiger partial charge in [-0.1, -0.05) is 0 Å². The number of anilines is 1. The van der Waals surface area contributed by atoms with Gasteiger partial charge in [-0.3, -0.25) is 9.29 Å². The van der Waals surface area contributed by atoms with Crippen LogP contribution >= 0.6 is 0 Å². The molecule has 3 rings (SSSR count). The normalized spacial score (nSPS) is 13.2. The van der Waals surface area contributed by atoms with Crippen LogP contribution in [0.5, 0.6) is 11.5 Å². The molecule has 0 radical (unpaired) electrons. The molecule has 0 fully saturated rings. The van der Waals surface area contributed by atoms with E-state index < -0.39 is 10.0 Å². The van der Waals surface area contributed by atoms with Gasteiger partial charge < -0.3 is 9.47 Å². The van der Waals surface area contributed by atoms with Crippen LogP contribution in [0.3, 0.4) is 0 Å². The number of hydrogen-bond donors (Lipinski definition) is 0. The minimum Gasteiger partial charge on any atom is -0.454 e. The second kappa shape index (κ2) is 4.64. The Labute approximate surface area is 115 Å². The Hall–Kier alpha value is -2.35. The molecule has 0 spiro atoms. The molecule has 0 saturated carbocycles. The predicted octanol–water partition coefficient (Wildman–Crippen LogP) is 1.03. The molecule has 104 valence electrons. The summed E-state index contributed by atoms with van der Waals surface area (Å²) in [7, 11) is -2.30. The summed E-state index contributed by atoms with van der Waals surface area (Å²) in [6.07, 6.45) is 4.29. The van der Waals surface area contributed by atoms with Crippen LogP contribution in [0.15, 0.2) is 41.7 Å². The van der Waals surface area contributed by atoms with Gasteiger partial charge in [0.1, 0.15) is 0 Å². The summed E-state index contributed by atoms with van der Waals surface area (Å²) in [5, 5.41) is 0. The SMILES string of the molecule is CN(c1cnccn1)S(=O)(=O)c1ccc2c(c1)OCO2. The maximum absolute atomic E-state index is 12.5. The Morgan fingerprint density at radius 2 is 2.00 bits per heavy atom. The first kappa shape index (κ1) is 12.7. The van der Waals surface area contributed by atoms with Crippen molar-refractivity contribution in [3.63, 3.8) is 0 Å². The second-order valence-corrected chi connectivity index (χ2v) is 6.02. The van der Waals surface area contributed by atoms with Gasteiger partial charge in [0, 0.05) is 25.5 Å². The molecule has 0 unspecified atom stereocenters. The summed E-state index contributed by atoms with van der Waals surface area (Å²) in [4.78, 5) is 7.94. The van der Waals surface area contributed by atoms with Crippen molar-refractivity contribution in [2.75, 3.05) is 18.1 Å². The van der Waals surface area contributed by atoms with Gasteiger partial charge >= 0.3 is 0 Å². The molecule has 2 heterocycles. The third kappa shape index (κ3) is 2.03. The van der Waals surface area contributed by atoms with E-state index in [4.69, 9.17) is 9.47 Å². The molecule has 1 aromatic carbocycles. The van der Waals surface area contributed by atoms with Crippen LogP contribution in [0.2, 0.25) is 0 Å². The lowest BCUT2D eigenvalue weighted by Gasteiger charge is -2.17. The maximum Gasteiger partial charge on any atom is 0.265 e. The Kier molecular flexibility index (Phi) is 2.94. The van der Waals surface area contributed by atoms with E-state index in [0.29, 0.717) is 11.5 Å². The monoisotopic (exact) mass is 293 g/mol. The molecule has 0 amide bonds. The minimum absolute atomic E-state index is 0.0961. The summed E-state index contributed by atoms with van der Waals surface area (Å²) in [6, 6.07) is 4.47. The van der Waals surface area contributed by atoms with E-state index in [-0.39, 0.29) is 17.5 Å². The molecule has 20 heavy (non-hydrogen) atoms. The first-order chi connectivity index (χ1) is 9.59. The van der Waals surface area contributed by atoms with Gasteiger partial charge in [0.15, 0.2) is 17.3 Å². The zero-order valence-corrected chi connectivity index (χ0v) is 11.4. The van der Waals surface area contributed by atoms with Crippen molar-refractivity contribution < 1.29 is 17.9 Å². The molecular weight excluding hydrogens is 282 g/mol. The zero-order valence-electron chi connectivity index (χ0n) is 10.6. The lowest BCUT2D eigenvalue weighted by Crippen LogP contribution is -2.27. The molecule has 1 aliphatic heterocycles. The topological polar surface area (TPSA) is 81.6 Å². The van der Waals surface area contributed by atoms with Gasteiger partial charge in [-0.25, -0.2) is 13.4 Å². The predicted molar refractivity (Wildman–Crippen MR) is 70.2 cm³/mol. The van der Waals surface area contributed by atoms with Crippen molar-refractivity contribution in [2.45, 2.75) is 4.90 Å². The molecule has 0 saturated heterocycles. The van der Waals surface area contributed by atoms with Crippen molar-refractivity contribution in [1.82, 2.24) is 9.97 Å². The molecule has 8 heteroatoms. The van der Waals surface area contributed by atoms with E-state index in [1.807, 2.05) is 0 Å². The molecule has 1 aliphatic rings. The first-order valence-electron chi connectivity index (χ1n) is 5.73. The summed E-state index contributed by atoms with van der Waals surface area (Å²) >= 11 is 0. The van der Waals surface area contributed by atoms with Crippen molar-refractivity contribution in [3.05, 3.63) is 36.8 Å². The van der Waals surface area contributed by atoms with Crippen LogP contribution in [-0.4, -0.2) is 32.2 Å². The lowest BCUT2D eigenvalue weighted by atomic mass is 10.3. The highest BCUT2D eigenvalue weighted by Crippen LogP contribution is 2.34. The third-order valence-corrected chi connectivity index (χ3v) is 4.63. The van der Waals surface area contributed by atoms with Crippen molar-refractivity contribution in [1.29, 1.82) is 0 Å². The van der Waals surface area contributed by atoms with E-state index >= 15 is 0 Å². The first-order valence-corrected chi connectivity index (χ1v) is 7.17. The fraction of sp³-hybridized carbons (Fsp3) is 0.167. The number of sulfonamides is 1. The van der Waals surface area contributed by atoms with Gasteiger partial charge in [0.2, 0.25) is 6.79 Å². The van der Waals surface area contributed by atoms with E-state index in [2.05, 4.69) is 9.97 Å². The summed E-state index contributed by atoms with van der Waals surface area (Å²) in [5.41, 5.74) is 0. The Morgan fingerprint density at radius 3 is 2.75 bits per heavy atom. The number of aromatic nitrogens is 2. The van der Waals surface area contributed by atoms with E-state index in [1.54, 1.807) is 6.07 Å². The van der Waals surface area contributed by atoms with E-state index in [0.717, 1.165) is 4.31 Å². The second-order valence-electron chi connectivity index (χ2n) is 4.05. The van der Waals surface area contributed by atoms with Crippen LogP contribution in [0.1, 0.15) is 0 Å². The zero-order chi connectivity index (χ0) is 14.2. The highest BCUT2D eigenvalue weighted by molar-refractivity contribution is 7.92. The largest absolute Gasteiger partial charge is 0.454 e. The summed E-state index contributed by atoms with van der Waals surface area (Å²) in [5.74, 6) is 1.19. The van der Waals surface area contributed by atoms with Gasteiger partial charge in [-0.05, 0) is 12.1 Å². The average molecular weight is 293 g/mol. The van der Waals surface area contributed by atoms with Crippen molar-refractivity contribution >= 4 is 15.8 Å². The number of hydrogen-bond acceptors (Lipinski definition) is 6. The summed E-state index contributed by atoms with van der Waals surface area (Å²) in [6.45, 7) is 0.0961. The molecule has 0 bridgehead atoms. The number of rotatable bonds is 3. The number of benzene rings is 1. The third-order valence-electron chi connectivity index (χ3n) is 2.87. The highest BCUT2D eigenvalue weighted by Gasteiger charge is 2.25. The average Bonchev–Trinajstić information content (AvgIpc) is 2.94. The molecule has 0 N–H and O–H groups in total. The van der Waals surface area contributed by atoms with Gasteiger partial charge in [0.05, 0.1) is 11.1 Å². The van der Waals surface area contributed by atoms with Crippen molar-refractivity contribution in [3.8, 4) is 11.5 Å². The Morgan fingerprint density at radius 1 is 1.20 bits per heavy atom. The van der Waals surface area contributed by atoms with Crippen molar-refractivity contribution in [2.24, 2.45) is 0 Å². The van der Waals surface area contributed by atoms with Crippen LogP contribution < -0.4 is 13.8 Å². The van der Waals surface area contributed by atoms with E-state index in [9.17, 15) is 8.42 Å².